The molecule has 0 fully saturated rings. The number of anilines is 1. The minimum atomic E-state index is -0.189. The molecule has 3 heterocycles. The summed E-state index contributed by atoms with van der Waals surface area (Å²) in [7, 11) is 0. The number of H-pyrrole nitrogens is 1. The maximum atomic E-state index is 12.9. The van der Waals surface area contributed by atoms with Crippen molar-refractivity contribution >= 4 is 46.5 Å². The first kappa shape index (κ1) is 21.6. The van der Waals surface area contributed by atoms with Crippen molar-refractivity contribution in [3.63, 3.8) is 0 Å². The van der Waals surface area contributed by atoms with E-state index in [1.165, 1.54) is 11.8 Å². The summed E-state index contributed by atoms with van der Waals surface area (Å²) >= 11 is 1.53. The van der Waals surface area contributed by atoms with Crippen molar-refractivity contribution in [3.05, 3.63) is 108 Å². The summed E-state index contributed by atoms with van der Waals surface area (Å²) in [6.07, 6.45) is 5.66. The molecule has 0 aliphatic rings. The Hall–Kier alpha value is -4.23. The fourth-order valence-electron chi connectivity index (χ4n) is 3.52. The van der Waals surface area contributed by atoms with Crippen LogP contribution in [-0.2, 0) is 0 Å². The van der Waals surface area contributed by atoms with Crippen molar-refractivity contribution in [1.82, 2.24) is 20.2 Å². The van der Waals surface area contributed by atoms with E-state index in [1.807, 2.05) is 91.9 Å². The molecule has 0 bridgehead atoms. The lowest BCUT2D eigenvalue weighted by Gasteiger charge is -2.10. The highest BCUT2D eigenvalue weighted by atomic mass is 32.2. The second kappa shape index (κ2) is 9.72. The molecule has 0 aliphatic heterocycles. The normalized spacial score (nSPS) is 11.2. The van der Waals surface area contributed by atoms with Gasteiger partial charge in [0.25, 0.3) is 5.91 Å². The Labute approximate surface area is 201 Å². The number of hydrogen-bond acceptors (Lipinski definition) is 5. The number of aromatic nitrogens is 4. The van der Waals surface area contributed by atoms with E-state index in [0.717, 1.165) is 37.8 Å². The summed E-state index contributed by atoms with van der Waals surface area (Å²) in [6, 6.07) is 25.0. The number of fused-ring (bicyclic) bond motifs is 1. The maximum Gasteiger partial charge on any atom is 0.257 e. The van der Waals surface area contributed by atoms with Crippen molar-refractivity contribution in [3.8, 4) is 0 Å². The van der Waals surface area contributed by atoms with E-state index in [2.05, 4.69) is 25.5 Å². The number of rotatable bonds is 6. The molecule has 34 heavy (non-hydrogen) atoms. The lowest BCUT2D eigenvalue weighted by Crippen LogP contribution is -2.14. The molecule has 2 aromatic carbocycles. The molecule has 0 radical (unpaired) electrons. The van der Waals surface area contributed by atoms with Crippen LogP contribution in [0.2, 0.25) is 0 Å². The van der Waals surface area contributed by atoms with E-state index in [-0.39, 0.29) is 5.91 Å². The van der Waals surface area contributed by atoms with Crippen LogP contribution in [0.3, 0.4) is 0 Å². The fourth-order valence-corrected chi connectivity index (χ4v) is 4.50. The molecule has 166 valence electrons. The molecular formula is C27H21N5OS. The average molecular weight is 464 g/mol. The standard InChI is InChI=1S/C27H21N5OS/c1-18-7-6-11-26(29-18)30-27(33)22-9-2-3-10-25(22)34-20-13-14-21-23(31-32-24(21)17-20)15-12-19-8-4-5-16-28-19/h2-17H,1H3,(H,31,32)(H,29,30,33)/b15-12+. The minimum Gasteiger partial charge on any atom is -0.307 e. The Bertz CT molecular complexity index is 1490. The molecule has 0 unspecified atom stereocenters. The summed E-state index contributed by atoms with van der Waals surface area (Å²) < 4.78 is 0. The van der Waals surface area contributed by atoms with Gasteiger partial charge in [0.2, 0.25) is 0 Å². The van der Waals surface area contributed by atoms with Gasteiger partial charge in [0, 0.05) is 27.1 Å². The zero-order valence-electron chi connectivity index (χ0n) is 18.4. The Morgan fingerprint density at radius 1 is 0.971 bits per heavy atom. The smallest absolute Gasteiger partial charge is 0.257 e. The van der Waals surface area contributed by atoms with Crippen LogP contribution in [-0.4, -0.2) is 26.1 Å². The van der Waals surface area contributed by atoms with Gasteiger partial charge in [-0.1, -0.05) is 36.0 Å². The first-order chi connectivity index (χ1) is 16.7. The van der Waals surface area contributed by atoms with Gasteiger partial charge in [-0.05, 0) is 73.7 Å². The largest absolute Gasteiger partial charge is 0.307 e. The third kappa shape index (κ3) is 4.89. The summed E-state index contributed by atoms with van der Waals surface area (Å²) in [5.74, 6) is 0.348. The van der Waals surface area contributed by atoms with Crippen LogP contribution in [0.1, 0.15) is 27.4 Å². The van der Waals surface area contributed by atoms with Gasteiger partial charge in [-0.3, -0.25) is 14.9 Å². The first-order valence-electron chi connectivity index (χ1n) is 10.7. The number of carbonyl (C=O) groups is 1. The van der Waals surface area contributed by atoms with E-state index in [9.17, 15) is 4.79 Å². The van der Waals surface area contributed by atoms with Crippen LogP contribution < -0.4 is 5.32 Å². The number of aryl methyl sites for hydroxylation is 1. The molecule has 5 aromatic rings. The molecule has 0 saturated heterocycles. The molecular weight excluding hydrogens is 442 g/mol. The van der Waals surface area contributed by atoms with Gasteiger partial charge in [0.15, 0.2) is 0 Å². The van der Waals surface area contributed by atoms with Gasteiger partial charge in [0.05, 0.1) is 22.5 Å². The quantitative estimate of drug-likeness (QED) is 0.312. The third-order valence-electron chi connectivity index (χ3n) is 5.15. The molecule has 6 nitrogen and oxygen atoms in total. The lowest BCUT2D eigenvalue weighted by molar-refractivity contribution is 0.102. The van der Waals surface area contributed by atoms with Crippen LogP contribution in [0.25, 0.3) is 23.1 Å². The van der Waals surface area contributed by atoms with E-state index >= 15 is 0 Å². The lowest BCUT2D eigenvalue weighted by atomic mass is 10.2. The molecule has 3 aromatic heterocycles. The highest BCUT2D eigenvalue weighted by Crippen LogP contribution is 2.33. The summed E-state index contributed by atoms with van der Waals surface area (Å²) in [4.78, 5) is 23.5. The summed E-state index contributed by atoms with van der Waals surface area (Å²) in [6.45, 7) is 1.89. The van der Waals surface area contributed by atoms with Crippen molar-refractivity contribution in [2.75, 3.05) is 5.32 Å². The first-order valence-corrected chi connectivity index (χ1v) is 11.6. The van der Waals surface area contributed by atoms with E-state index < -0.39 is 0 Å². The average Bonchev–Trinajstić information content (AvgIpc) is 3.26. The fraction of sp³-hybridized carbons (Fsp3) is 0.0370. The van der Waals surface area contributed by atoms with Gasteiger partial charge in [0.1, 0.15) is 5.82 Å². The number of aromatic amines is 1. The topological polar surface area (TPSA) is 83.6 Å². The van der Waals surface area contributed by atoms with Crippen LogP contribution in [0.5, 0.6) is 0 Å². The molecule has 5 rings (SSSR count). The van der Waals surface area contributed by atoms with Gasteiger partial charge >= 0.3 is 0 Å². The van der Waals surface area contributed by atoms with Crippen LogP contribution in [0.15, 0.2) is 94.9 Å². The van der Waals surface area contributed by atoms with Crippen LogP contribution in [0, 0.1) is 6.92 Å². The molecule has 0 atom stereocenters. The number of benzene rings is 2. The molecule has 0 aliphatic carbocycles. The van der Waals surface area contributed by atoms with Gasteiger partial charge < -0.3 is 5.32 Å². The molecule has 0 saturated carbocycles. The number of pyridine rings is 2. The summed E-state index contributed by atoms with van der Waals surface area (Å²) in [5, 5.41) is 11.5. The van der Waals surface area contributed by atoms with Crippen molar-refractivity contribution < 1.29 is 4.79 Å². The molecule has 1 amide bonds. The highest BCUT2D eigenvalue weighted by molar-refractivity contribution is 7.99. The number of amides is 1. The van der Waals surface area contributed by atoms with E-state index in [1.54, 1.807) is 12.3 Å². The predicted molar refractivity (Wildman–Crippen MR) is 137 cm³/mol. The van der Waals surface area contributed by atoms with Crippen LogP contribution in [0.4, 0.5) is 5.82 Å². The van der Waals surface area contributed by atoms with Gasteiger partial charge in [-0.2, -0.15) is 5.10 Å². The zero-order chi connectivity index (χ0) is 23.3. The monoisotopic (exact) mass is 463 g/mol. The number of nitrogens with one attached hydrogen (secondary N) is 2. The Balaban J connectivity index is 1.36. The van der Waals surface area contributed by atoms with Crippen LogP contribution >= 0.6 is 11.8 Å². The van der Waals surface area contributed by atoms with E-state index in [0.29, 0.717) is 11.4 Å². The minimum absolute atomic E-state index is 0.189. The number of hydrogen-bond donors (Lipinski definition) is 2. The Morgan fingerprint density at radius 3 is 2.71 bits per heavy atom. The highest BCUT2D eigenvalue weighted by Gasteiger charge is 2.14. The van der Waals surface area contributed by atoms with Gasteiger partial charge in [-0.25, -0.2) is 4.98 Å². The third-order valence-corrected chi connectivity index (χ3v) is 6.22. The molecule has 7 heteroatoms. The van der Waals surface area contributed by atoms with Crippen molar-refractivity contribution in [2.45, 2.75) is 16.7 Å². The molecule has 2 N–H and O–H groups in total. The second-order valence-electron chi connectivity index (χ2n) is 7.62. The van der Waals surface area contributed by atoms with E-state index in [4.69, 9.17) is 0 Å². The summed E-state index contributed by atoms with van der Waals surface area (Å²) in [5.41, 5.74) is 4.10. The maximum absolute atomic E-state index is 12.9. The van der Waals surface area contributed by atoms with Crippen molar-refractivity contribution in [1.29, 1.82) is 0 Å². The second-order valence-corrected chi connectivity index (χ2v) is 8.74. The zero-order valence-corrected chi connectivity index (χ0v) is 19.2. The van der Waals surface area contributed by atoms with Crippen molar-refractivity contribution in [2.24, 2.45) is 0 Å². The van der Waals surface area contributed by atoms with Gasteiger partial charge in [-0.15, -0.1) is 0 Å². The number of nitrogens with zero attached hydrogens (tertiary/aromatic N) is 3. The SMILES string of the molecule is Cc1cccc(NC(=O)c2ccccc2Sc2ccc3c(/C=C/c4ccccn4)n[nH]c3c2)n1. The number of carbonyl (C=O) groups excluding carboxylic acids is 1. The predicted octanol–water partition coefficient (Wildman–Crippen LogP) is 6.24. The Morgan fingerprint density at radius 2 is 1.85 bits per heavy atom. The molecule has 0 spiro atoms. The Kier molecular flexibility index (Phi) is 6.18.